The van der Waals surface area contributed by atoms with Crippen LogP contribution in [0, 0.1) is 0 Å². The van der Waals surface area contributed by atoms with Crippen molar-refractivity contribution >= 4 is 27.5 Å². The topological polar surface area (TPSA) is 96.5 Å². The number of benzene rings is 2. The summed E-state index contributed by atoms with van der Waals surface area (Å²) in [6, 6.07) is 13.6. The first-order valence-corrected chi connectivity index (χ1v) is 12.5. The second kappa shape index (κ2) is 8.68. The van der Waals surface area contributed by atoms with Gasteiger partial charge in [0.15, 0.2) is 11.5 Å². The van der Waals surface area contributed by atoms with Gasteiger partial charge in [0, 0.05) is 44.8 Å². The van der Waals surface area contributed by atoms with Gasteiger partial charge in [-0.2, -0.15) is 4.31 Å². The van der Waals surface area contributed by atoms with Gasteiger partial charge in [-0.05, 0) is 42.8 Å². The van der Waals surface area contributed by atoms with Gasteiger partial charge < -0.3 is 19.3 Å². The Kier molecular flexibility index (Phi) is 5.71. The average Bonchev–Trinajstić information content (AvgIpc) is 3.29. The number of carbonyl (C=O) groups is 2. The zero-order chi connectivity index (χ0) is 23.0. The molecule has 2 aromatic carbocycles. The fraction of sp³-hybridized carbons (Fsp3) is 0.391. The summed E-state index contributed by atoms with van der Waals surface area (Å²) in [5.74, 6) is 0.989. The molecule has 0 aliphatic carbocycles. The van der Waals surface area contributed by atoms with E-state index < -0.39 is 16.1 Å². The molecule has 2 amide bonds. The van der Waals surface area contributed by atoms with E-state index >= 15 is 0 Å². The number of rotatable bonds is 4. The number of carbonyl (C=O) groups excluding carboxylic acids is 2. The number of anilines is 1. The molecule has 0 radical (unpaired) electrons. The van der Waals surface area contributed by atoms with Gasteiger partial charge in [0.2, 0.25) is 22.0 Å². The van der Waals surface area contributed by atoms with Crippen molar-refractivity contribution in [2.75, 3.05) is 44.2 Å². The minimum atomic E-state index is -3.69. The van der Waals surface area contributed by atoms with E-state index in [-0.39, 0.29) is 49.5 Å². The molecular formula is C23H25N3O6S. The average molecular weight is 472 g/mol. The molecule has 33 heavy (non-hydrogen) atoms. The first-order valence-electron chi connectivity index (χ1n) is 11.0. The van der Waals surface area contributed by atoms with Gasteiger partial charge in [-0.25, -0.2) is 8.42 Å². The third-order valence-corrected chi connectivity index (χ3v) is 8.11. The summed E-state index contributed by atoms with van der Waals surface area (Å²) in [6.45, 7) is 1.73. The highest BCUT2D eigenvalue weighted by Gasteiger charge is 2.35. The van der Waals surface area contributed by atoms with Crippen LogP contribution in [0.25, 0.3) is 0 Å². The Morgan fingerprint density at radius 2 is 1.61 bits per heavy atom. The highest BCUT2D eigenvalue weighted by molar-refractivity contribution is 7.89. The number of ether oxygens (including phenoxy) is 2. The number of sulfonamides is 1. The molecule has 0 unspecified atom stereocenters. The van der Waals surface area contributed by atoms with E-state index in [0.29, 0.717) is 30.2 Å². The molecule has 5 rings (SSSR count). The van der Waals surface area contributed by atoms with E-state index in [1.165, 1.54) is 4.31 Å². The van der Waals surface area contributed by atoms with Crippen molar-refractivity contribution in [2.45, 2.75) is 23.8 Å². The first kappa shape index (κ1) is 21.7. The Morgan fingerprint density at radius 1 is 0.909 bits per heavy atom. The van der Waals surface area contributed by atoms with Crippen molar-refractivity contribution in [3.05, 3.63) is 48.5 Å². The van der Waals surface area contributed by atoms with Gasteiger partial charge in [-0.1, -0.05) is 12.1 Å². The van der Waals surface area contributed by atoms with Crippen LogP contribution in [-0.4, -0.2) is 74.9 Å². The molecule has 0 spiro atoms. The lowest BCUT2D eigenvalue weighted by Crippen LogP contribution is -2.55. The van der Waals surface area contributed by atoms with E-state index in [0.717, 1.165) is 6.42 Å². The Bertz CT molecular complexity index is 1160. The lowest BCUT2D eigenvalue weighted by molar-refractivity contribution is -0.142. The predicted molar refractivity (Wildman–Crippen MR) is 120 cm³/mol. The summed E-state index contributed by atoms with van der Waals surface area (Å²) >= 11 is 0. The fourth-order valence-corrected chi connectivity index (χ4v) is 5.78. The van der Waals surface area contributed by atoms with Crippen molar-refractivity contribution in [1.82, 2.24) is 9.21 Å². The maximum absolute atomic E-state index is 13.1. The Morgan fingerprint density at radius 3 is 2.27 bits per heavy atom. The minimum absolute atomic E-state index is 0.0576. The molecule has 10 heteroatoms. The lowest BCUT2D eigenvalue weighted by atomic mass is 10.2. The quantitative estimate of drug-likeness (QED) is 0.670. The van der Waals surface area contributed by atoms with Crippen LogP contribution >= 0.6 is 0 Å². The molecule has 0 bridgehead atoms. The molecule has 2 fully saturated rings. The fourth-order valence-electron chi connectivity index (χ4n) is 4.36. The Hall–Kier alpha value is -3.11. The van der Waals surface area contributed by atoms with Crippen LogP contribution < -0.4 is 14.4 Å². The monoisotopic (exact) mass is 471 g/mol. The van der Waals surface area contributed by atoms with Crippen LogP contribution in [0.2, 0.25) is 0 Å². The second-order valence-electron chi connectivity index (χ2n) is 8.24. The summed E-state index contributed by atoms with van der Waals surface area (Å²) in [6.07, 6.45) is 0.587. The molecule has 0 aromatic heterocycles. The Balaban J connectivity index is 1.20. The smallest absolute Gasteiger partial charge is 0.267 e. The van der Waals surface area contributed by atoms with E-state index in [9.17, 15) is 18.0 Å². The highest BCUT2D eigenvalue weighted by atomic mass is 32.2. The van der Waals surface area contributed by atoms with Crippen LogP contribution in [0.1, 0.15) is 12.8 Å². The number of piperazine rings is 1. The number of amides is 2. The zero-order valence-corrected chi connectivity index (χ0v) is 18.9. The molecule has 2 saturated heterocycles. The van der Waals surface area contributed by atoms with Crippen molar-refractivity contribution in [1.29, 1.82) is 0 Å². The van der Waals surface area contributed by atoms with E-state index in [2.05, 4.69) is 0 Å². The van der Waals surface area contributed by atoms with Crippen LogP contribution in [0.15, 0.2) is 53.4 Å². The summed E-state index contributed by atoms with van der Waals surface area (Å²) in [5, 5.41) is 0. The Labute approximate surface area is 192 Å². The van der Waals surface area contributed by atoms with Gasteiger partial charge in [0.05, 0.1) is 4.90 Å². The van der Waals surface area contributed by atoms with Crippen molar-refractivity contribution < 1.29 is 27.5 Å². The zero-order valence-electron chi connectivity index (χ0n) is 18.1. The number of fused-ring (bicyclic) bond motifs is 1. The molecule has 3 heterocycles. The molecule has 174 valence electrons. The molecular weight excluding hydrogens is 446 g/mol. The predicted octanol–water partition coefficient (Wildman–Crippen LogP) is 1.49. The van der Waals surface area contributed by atoms with Crippen LogP contribution in [0.3, 0.4) is 0 Å². The maximum atomic E-state index is 13.1. The summed E-state index contributed by atoms with van der Waals surface area (Å²) in [4.78, 5) is 28.3. The largest absolute Gasteiger partial charge is 0.485 e. The summed E-state index contributed by atoms with van der Waals surface area (Å²) in [5.41, 5.74) is 0.711. The number of hydrogen-bond acceptors (Lipinski definition) is 6. The number of nitrogens with zero attached hydrogens (tertiary/aromatic N) is 3. The van der Waals surface area contributed by atoms with Crippen LogP contribution in [0.4, 0.5) is 5.69 Å². The summed E-state index contributed by atoms with van der Waals surface area (Å²) in [7, 11) is -3.69. The molecule has 3 aliphatic rings. The van der Waals surface area contributed by atoms with Crippen molar-refractivity contribution in [3.63, 3.8) is 0 Å². The standard InChI is InChI=1S/C23H25N3O6S/c27-22-6-3-11-26(22)17-7-9-18(10-8-17)33(29,30)25-14-12-24(13-15-25)23(28)21-16-31-19-4-1-2-5-20(19)32-21/h1-2,4-5,7-10,21H,3,6,11-16H2/t21-/m1/s1. The molecule has 0 N–H and O–H groups in total. The molecule has 1 atom stereocenters. The van der Waals surface area contributed by atoms with Gasteiger partial charge in [0.1, 0.15) is 6.61 Å². The SMILES string of the molecule is O=C([C@H]1COc2ccccc2O1)N1CCN(S(=O)(=O)c2ccc(N3CCCC3=O)cc2)CC1. The normalized spacial score (nSPS) is 21.3. The van der Waals surface area contributed by atoms with Crippen molar-refractivity contribution in [2.24, 2.45) is 0 Å². The van der Waals surface area contributed by atoms with Gasteiger partial charge >= 0.3 is 0 Å². The lowest BCUT2D eigenvalue weighted by Gasteiger charge is -2.36. The summed E-state index contributed by atoms with van der Waals surface area (Å²) < 4.78 is 39.0. The van der Waals surface area contributed by atoms with E-state index in [1.54, 1.807) is 46.2 Å². The molecule has 3 aliphatic heterocycles. The van der Waals surface area contributed by atoms with E-state index in [4.69, 9.17) is 9.47 Å². The molecule has 2 aromatic rings. The van der Waals surface area contributed by atoms with Gasteiger partial charge in [0.25, 0.3) is 5.91 Å². The van der Waals surface area contributed by atoms with Gasteiger partial charge in [-0.15, -0.1) is 0 Å². The number of hydrogen-bond donors (Lipinski definition) is 0. The van der Waals surface area contributed by atoms with Crippen LogP contribution in [0.5, 0.6) is 11.5 Å². The highest BCUT2D eigenvalue weighted by Crippen LogP contribution is 2.31. The third kappa shape index (κ3) is 4.16. The van der Waals surface area contributed by atoms with E-state index in [1.807, 2.05) is 12.1 Å². The molecule has 0 saturated carbocycles. The number of para-hydroxylation sites is 2. The van der Waals surface area contributed by atoms with Gasteiger partial charge in [-0.3, -0.25) is 9.59 Å². The maximum Gasteiger partial charge on any atom is 0.267 e. The van der Waals surface area contributed by atoms with Crippen LogP contribution in [-0.2, 0) is 19.6 Å². The van der Waals surface area contributed by atoms with Crippen molar-refractivity contribution in [3.8, 4) is 11.5 Å². The minimum Gasteiger partial charge on any atom is -0.485 e. The second-order valence-corrected chi connectivity index (χ2v) is 10.2. The molecule has 9 nitrogen and oxygen atoms in total. The third-order valence-electron chi connectivity index (χ3n) is 6.19. The first-order chi connectivity index (χ1) is 15.9.